The number of amides is 1. The first-order valence-corrected chi connectivity index (χ1v) is 21.9. The van der Waals surface area contributed by atoms with E-state index < -0.39 is 10.6 Å². The molecule has 6 heteroatoms. The van der Waals surface area contributed by atoms with E-state index in [-0.39, 0.29) is 6.54 Å². The molecule has 0 spiro atoms. The Kier molecular flexibility index (Phi) is 7.00. The Bertz CT molecular complexity index is 3870. The number of para-hydroxylation sites is 5. The van der Waals surface area contributed by atoms with Gasteiger partial charge in [-0.05, 0) is 103 Å². The Morgan fingerprint density at radius 3 is 1.68 bits per heavy atom. The maximum atomic E-state index is 15.9. The van der Waals surface area contributed by atoms with E-state index in [4.69, 9.17) is 0 Å². The zero-order valence-electron chi connectivity index (χ0n) is 34.3. The molecule has 298 valence electrons. The van der Waals surface area contributed by atoms with Crippen molar-refractivity contribution in [3.8, 4) is 22.5 Å². The van der Waals surface area contributed by atoms with Crippen LogP contribution >= 0.6 is 0 Å². The first-order valence-electron chi connectivity index (χ1n) is 21.9. The number of rotatable bonds is 5. The Labute approximate surface area is 362 Å². The van der Waals surface area contributed by atoms with Crippen molar-refractivity contribution in [3.05, 3.63) is 209 Å². The highest BCUT2D eigenvalue weighted by Gasteiger charge is 2.46. The number of carbonyl (C=O) groups excluding carboxylic acids is 1. The third kappa shape index (κ3) is 4.66. The SMILES string of the molecule is O=C1c2c(c3c(c4ccccc4n3-c3ccccc3)c3c4ccccc4n(C4=C5C=C(CC4)C5)c23)C[N+]1([O-])c1ccc(-c2ccc3c(c2)c2ccccc2n3-c2ccccc2)cc1. The van der Waals surface area contributed by atoms with Gasteiger partial charge in [0.1, 0.15) is 17.8 Å². The first kappa shape index (κ1) is 34.9. The number of fused-ring (bicyclic) bond motifs is 15. The molecule has 0 fully saturated rings. The highest BCUT2D eigenvalue weighted by atomic mass is 16.6. The van der Waals surface area contributed by atoms with Crippen LogP contribution in [0.2, 0.25) is 0 Å². The average molecular weight is 811 g/mol. The molecule has 11 aromatic rings. The van der Waals surface area contributed by atoms with Gasteiger partial charge in [0.2, 0.25) is 0 Å². The normalized spacial score (nSPS) is 17.2. The largest absolute Gasteiger partial charge is 0.619 e. The molecular weight excluding hydrogens is 773 g/mol. The lowest BCUT2D eigenvalue weighted by Gasteiger charge is -2.34. The summed E-state index contributed by atoms with van der Waals surface area (Å²) >= 11 is 0. The monoisotopic (exact) mass is 810 g/mol. The smallest absolute Gasteiger partial charge is 0.353 e. The second-order valence-electron chi connectivity index (χ2n) is 17.5. The summed E-state index contributed by atoms with van der Waals surface area (Å²) in [5.41, 5.74) is 16.2. The Morgan fingerprint density at radius 1 is 0.492 bits per heavy atom. The van der Waals surface area contributed by atoms with Gasteiger partial charge in [-0.1, -0.05) is 109 Å². The zero-order chi connectivity index (χ0) is 41.6. The van der Waals surface area contributed by atoms with E-state index in [0.29, 0.717) is 11.3 Å². The van der Waals surface area contributed by atoms with Crippen molar-refractivity contribution < 1.29 is 4.79 Å². The summed E-state index contributed by atoms with van der Waals surface area (Å²) in [6.45, 7) is -0.00839. The number of hydrogen-bond acceptors (Lipinski definition) is 2. The van der Waals surface area contributed by atoms with Gasteiger partial charge >= 0.3 is 5.91 Å². The van der Waals surface area contributed by atoms with Crippen molar-refractivity contribution in [2.75, 3.05) is 0 Å². The molecule has 63 heavy (non-hydrogen) atoms. The molecule has 1 unspecified atom stereocenters. The fourth-order valence-electron chi connectivity index (χ4n) is 11.4. The molecule has 1 amide bonds. The van der Waals surface area contributed by atoms with Crippen LogP contribution in [-0.2, 0) is 6.54 Å². The average Bonchev–Trinajstić information content (AvgIpc) is 4.04. The lowest BCUT2D eigenvalue weighted by Crippen LogP contribution is -2.43. The molecule has 2 bridgehead atoms. The fourth-order valence-corrected chi connectivity index (χ4v) is 11.4. The predicted octanol–water partition coefficient (Wildman–Crippen LogP) is 14.1. The van der Waals surface area contributed by atoms with E-state index in [1.807, 2.05) is 36.4 Å². The van der Waals surface area contributed by atoms with Crippen LogP contribution in [0.5, 0.6) is 0 Å². The number of hydroxylamine groups is 2. The quantitative estimate of drug-likeness (QED) is 0.128. The van der Waals surface area contributed by atoms with Gasteiger partial charge < -0.3 is 18.9 Å². The van der Waals surface area contributed by atoms with Crippen molar-refractivity contribution in [1.29, 1.82) is 0 Å². The van der Waals surface area contributed by atoms with Gasteiger partial charge in [-0.2, -0.15) is 0 Å². The van der Waals surface area contributed by atoms with E-state index in [9.17, 15) is 0 Å². The molecule has 8 aromatic carbocycles. The molecule has 4 heterocycles. The summed E-state index contributed by atoms with van der Waals surface area (Å²) in [5, 5.41) is 22.5. The molecule has 6 nitrogen and oxygen atoms in total. The highest BCUT2D eigenvalue weighted by Crippen LogP contribution is 2.52. The molecule has 15 rings (SSSR count). The van der Waals surface area contributed by atoms with Crippen LogP contribution in [-0.4, -0.2) is 19.6 Å². The fraction of sp³-hybridized carbons (Fsp3) is 0.0702. The number of benzene rings is 8. The molecular formula is C57H38N4O2. The maximum absolute atomic E-state index is 15.9. The summed E-state index contributed by atoms with van der Waals surface area (Å²) in [5.74, 6) is -0.417. The summed E-state index contributed by atoms with van der Waals surface area (Å²) in [6, 6.07) is 60.9. The van der Waals surface area contributed by atoms with Crippen LogP contribution in [0.25, 0.3) is 93.6 Å². The molecule has 0 saturated heterocycles. The van der Waals surface area contributed by atoms with Crippen LogP contribution in [0.3, 0.4) is 0 Å². The second-order valence-corrected chi connectivity index (χ2v) is 17.5. The minimum Gasteiger partial charge on any atom is -0.619 e. The maximum Gasteiger partial charge on any atom is 0.353 e. The molecule has 0 saturated carbocycles. The van der Waals surface area contributed by atoms with Gasteiger partial charge in [0.05, 0.1) is 38.7 Å². The van der Waals surface area contributed by atoms with Gasteiger partial charge in [-0.15, -0.1) is 0 Å². The summed E-state index contributed by atoms with van der Waals surface area (Å²) < 4.78 is 5.87. The summed E-state index contributed by atoms with van der Waals surface area (Å²) in [6.07, 6.45) is 5.22. The third-order valence-electron chi connectivity index (χ3n) is 14.2. The third-order valence-corrected chi connectivity index (χ3v) is 14.2. The van der Waals surface area contributed by atoms with Gasteiger partial charge in [-0.3, -0.25) is 4.65 Å². The van der Waals surface area contributed by atoms with Crippen molar-refractivity contribution in [2.45, 2.75) is 25.8 Å². The summed E-state index contributed by atoms with van der Waals surface area (Å²) in [4.78, 5) is 15.6. The van der Waals surface area contributed by atoms with Gasteiger partial charge in [0.25, 0.3) is 0 Å². The topological polar surface area (TPSA) is 54.9 Å². The zero-order valence-corrected chi connectivity index (χ0v) is 34.3. The molecule has 3 aromatic heterocycles. The van der Waals surface area contributed by atoms with E-state index in [1.54, 1.807) is 0 Å². The van der Waals surface area contributed by atoms with Gasteiger partial charge in [0, 0.05) is 61.5 Å². The minimum atomic E-state index is -1.10. The van der Waals surface area contributed by atoms with Crippen molar-refractivity contribution in [2.24, 2.45) is 0 Å². The highest BCUT2D eigenvalue weighted by molar-refractivity contribution is 6.35. The Hall–Kier alpha value is -7.77. The number of aromatic nitrogens is 3. The van der Waals surface area contributed by atoms with Gasteiger partial charge in [-0.25, -0.2) is 4.79 Å². The molecule has 1 atom stereocenters. The van der Waals surface area contributed by atoms with Crippen LogP contribution in [0.1, 0.15) is 35.2 Å². The number of carbonyl (C=O) groups is 1. The lowest BCUT2D eigenvalue weighted by molar-refractivity contribution is 0.0847. The van der Waals surface area contributed by atoms with E-state index in [2.05, 4.69) is 159 Å². The number of hydrogen-bond donors (Lipinski definition) is 0. The van der Waals surface area contributed by atoms with Crippen molar-refractivity contribution in [3.63, 3.8) is 0 Å². The molecule has 0 radical (unpaired) electrons. The standard InChI is InChI=1S/C57H38N4O2/c62-57-54-46(34-61(57,63)41-27-24-36(25-28-41)37-26-30-51-45(33-37)42-17-7-10-20-48(42)58(51)39-13-3-1-4-14-39)55-52(43-18-8-11-21-49(43)59(55)40-15-5-2-6-16-40)53-44-19-9-12-22-50(44)60(56(53)54)47-29-23-35-31-38(47)32-35/h1-22,24-28,30-31,33H,23,29,32,34H2. The van der Waals surface area contributed by atoms with Crippen molar-refractivity contribution in [1.82, 2.24) is 18.3 Å². The molecule has 3 aliphatic carbocycles. The Balaban J connectivity index is 0.987. The Morgan fingerprint density at radius 2 is 1.03 bits per heavy atom. The van der Waals surface area contributed by atoms with Crippen LogP contribution in [0, 0.1) is 5.21 Å². The van der Waals surface area contributed by atoms with Crippen LogP contribution < -0.4 is 4.65 Å². The molecule has 0 N–H and O–H groups in total. The van der Waals surface area contributed by atoms with Gasteiger partial charge in [0.15, 0.2) is 0 Å². The van der Waals surface area contributed by atoms with E-state index in [1.165, 1.54) is 22.2 Å². The molecule has 1 aliphatic heterocycles. The number of nitrogens with zero attached hydrogens (tertiary/aromatic N) is 4. The molecule has 4 aliphatic rings. The van der Waals surface area contributed by atoms with Crippen LogP contribution in [0.15, 0.2) is 193 Å². The van der Waals surface area contributed by atoms with E-state index in [0.717, 1.165) is 107 Å². The minimum absolute atomic E-state index is 0.00839. The second kappa shape index (κ2) is 12.6. The predicted molar refractivity (Wildman–Crippen MR) is 258 cm³/mol. The lowest BCUT2D eigenvalue weighted by atomic mass is 9.81. The number of quaternary nitrogens is 1. The number of allylic oxidation sites excluding steroid dienone is 4. The van der Waals surface area contributed by atoms with Crippen LogP contribution in [0.4, 0.5) is 5.69 Å². The van der Waals surface area contributed by atoms with E-state index >= 15 is 10.0 Å². The van der Waals surface area contributed by atoms with Crippen molar-refractivity contribution >= 4 is 82.7 Å². The summed E-state index contributed by atoms with van der Waals surface area (Å²) in [7, 11) is 0. The first-order chi connectivity index (χ1) is 31.0.